The number of likely N-dealkylation sites (tertiary alicyclic amines) is 1. The van der Waals surface area contributed by atoms with Gasteiger partial charge in [-0.1, -0.05) is 20.3 Å². The van der Waals surface area contributed by atoms with Gasteiger partial charge in [-0.3, -0.25) is 4.90 Å². The average Bonchev–Trinajstić information content (AvgIpc) is 2.48. The fraction of sp³-hybridized carbons (Fsp3) is 1.00. The second-order valence-corrected chi connectivity index (χ2v) is 9.42. The Morgan fingerprint density at radius 2 is 1.73 bits per heavy atom. The molecule has 0 amide bonds. The largest absolute Gasteiger partial charge is 0.302 e. The standard InChI is InChI=1S/C16H33N3O2S/c1-15(2)7-13-22(20,21)19-11-9-18(10-12-19)14-16-6-4-5-8-17(16)3/h15-16H,4-14H2,1-3H3. The molecule has 22 heavy (non-hydrogen) atoms. The molecular weight excluding hydrogens is 298 g/mol. The minimum Gasteiger partial charge on any atom is -0.302 e. The Morgan fingerprint density at radius 3 is 2.32 bits per heavy atom. The maximum absolute atomic E-state index is 12.3. The van der Waals surface area contributed by atoms with E-state index >= 15 is 0 Å². The molecule has 0 aromatic carbocycles. The molecule has 0 aromatic heterocycles. The van der Waals surface area contributed by atoms with Gasteiger partial charge in [0, 0.05) is 38.8 Å². The lowest BCUT2D eigenvalue weighted by molar-refractivity contribution is 0.106. The number of hydrogen-bond donors (Lipinski definition) is 0. The number of hydrogen-bond acceptors (Lipinski definition) is 4. The molecule has 1 unspecified atom stereocenters. The summed E-state index contributed by atoms with van der Waals surface area (Å²) in [6, 6.07) is 0.651. The number of sulfonamides is 1. The highest BCUT2D eigenvalue weighted by atomic mass is 32.2. The van der Waals surface area contributed by atoms with Crippen molar-refractivity contribution in [3.05, 3.63) is 0 Å². The van der Waals surface area contributed by atoms with E-state index in [4.69, 9.17) is 0 Å². The highest BCUT2D eigenvalue weighted by molar-refractivity contribution is 7.89. The van der Waals surface area contributed by atoms with Crippen LogP contribution in [0.15, 0.2) is 0 Å². The smallest absolute Gasteiger partial charge is 0.214 e. The van der Waals surface area contributed by atoms with Gasteiger partial charge in [0.25, 0.3) is 0 Å². The van der Waals surface area contributed by atoms with E-state index in [1.165, 1.54) is 25.8 Å². The summed E-state index contributed by atoms with van der Waals surface area (Å²) in [7, 11) is -0.831. The zero-order valence-corrected chi connectivity index (χ0v) is 15.3. The number of piperazine rings is 1. The lowest BCUT2D eigenvalue weighted by Crippen LogP contribution is -2.53. The Hall–Kier alpha value is -0.170. The second-order valence-electron chi connectivity index (χ2n) is 7.33. The summed E-state index contributed by atoms with van der Waals surface area (Å²) in [5, 5.41) is 0. The molecule has 2 saturated heterocycles. The Balaban J connectivity index is 1.77. The monoisotopic (exact) mass is 331 g/mol. The van der Waals surface area contributed by atoms with Crippen LogP contribution in [0.1, 0.15) is 39.5 Å². The molecule has 2 aliphatic heterocycles. The first-order chi connectivity index (χ1) is 10.4. The van der Waals surface area contributed by atoms with E-state index in [1.54, 1.807) is 4.31 Å². The highest BCUT2D eigenvalue weighted by Crippen LogP contribution is 2.18. The third-order valence-electron chi connectivity index (χ3n) is 5.07. The maximum Gasteiger partial charge on any atom is 0.214 e. The van der Waals surface area contributed by atoms with Crippen LogP contribution in [0.2, 0.25) is 0 Å². The molecule has 5 nitrogen and oxygen atoms in total. The van der Waals surface area contributed by atoms with Crippen LogP contribution in [0.25, 0.3) is 0 Å². The third-order valence-corrected chi connectivity index (χ3v) is 6.97. The summed E-state index contributed by atoms with van der Waals surface area (Å²) in [5.41, 5.74) is 0. The molecular formula is C16H33N3O2S. The molecule has 2 fully saturated rings. The molecule has 2 aliphatic rings. The van der Waals surface area contributed by atoms with E-state index in [9.17, 15) is 8.42 Å². The van der Waals surface area contributed by atoms with Crippen molar-refractivity contribution in [1.82, 2.24) is 14.1 Å². The summed E-state index contributed by atoms with van der Waals surface area (Å²) in [6.45, 7) is 9.54. The molecule has 0 bridgehead atoms. The first-order valence-electron chi connectivity index (χ1n) is 8.79. The van der Waals surface area contributed by atoms with Gasteiger partial charge in [-0.2, -0.15) is 4.31 Å². The van der Waals surface area contributed by atoms with Gasteiger partial charge in [0.1, 0.15) is 0 Å². The van der Waals surface area contributed by atoms with Crippen molar-refractivity contribution >= 4 is 10.0 Å². The fourth-order valence-corrected chi connectivity index (χ4v) is 5.12. The summed E-state index contributed by atoms with van der Waals surface area (Å²) in [6.07, 6.45) is 4.69. The normalized spacial score (nSPS) is 26.6. The molecule has 2 rings (SSSR count). The lowest BCUT2D eigenvalue weighted by atomic mass is 10.0. The number of rotatable bonds is 6. The third kappa shape index (κ3) is 5.18. The van der Waals surface area contributed by atoms with Crippen molar-refractivity contribution in [1.29, 1.82) is 0 Å². The van der Waals surface area contributed by atoms with Crippen molar-refractivity contribution in [3.8, 4) is 0 Å². The summed E-state index contributed by atoms with van der Waals surface area (Å²) in [5.74, 6) is 0.744. The van der Waals surface area contributed by atoms with Crippen LogP contribution in [0.4, 0.5) is 0 Å². The van der Waals surface area contributed by atoms with Gasteiger partial charge >= 0.3 is 0 Å². The topological polar surface area (TPSA) is 43.9 Å². The average molecular weight is 332 g/mol. The van der Waals surface area contributed by atoms with E-state index in [0.717, 1.165) is 26.1 Å². The molecule has 0 spiro atoms. The quantitative estimate of drug-likeness (QED) is 0.739. The number of likely N-dealkylation sites (N-methyl/N-ethyl adjacent to an activating group) is 1. The predicted octanol–water partition coefficient (Wildman–Crippen LogP) is 1.46. The van der Waals surface area contributed by atoms with Gasteiger partial charge < -0.3 is 4.90 Å². The predicted molar refractivity (Wildman–Crippen MR) is 91.5 cm³/mol. The van der Waals surface area contributed by atoms with E-state index < -0.39 is 10.0 Å². The van der Waals surface area contributed by atoms with Crippen LogP contribution in [0.5, 0.6) is 0 Å². The molecule has 0 aromatic rings. The molecule has 0 aliphatic carbocycles. The van der Waals surface area contributed by atoms with E-state index in [1.807, 2.05) is 0 Å². The Bertz CT molecular complexity index is 431. The zero-order chi connectivity index (χ0) is 16.2. The maximum atomic E-state index is 12.3. The molecule has 0 N–H and O–H groups in total. The van der Waals surface area contributed by atoms with E-state index in [0.29, 0.717) is 30.8 Å². The summed E-state index contributed by atoms with van der Waals surface area (Å²) in [4.78, 5) is 4.91. The van der Waals surface area contributed by atoms with Gasteiger partial charge in [0.2, 0.25) is 10.0 Å². The molecule has 130 valence electrons. The Kier molecular flexibility index (Phi) is 6.68. The first kappa shape index (κ1) is 18.2. The minimum atomic E-state index is -3.05. The lowest BCUT2D eigenvalue weighted by Gasteiger charge is -2.39. The van der Waals surface area contributed by atoms with Crippen LogP contribution in [-0.4, -0.2) is 80.6 Å². The van der Waals surface area contributed by atoms with Crippen LogP contribution >= 0.6 is 0 Å². The zero-order valence-electron chi connectivity index (χ0n) is 14.5. The van der Waals surface area contributed by atoms with Crippen LogP contribution < -0.4 is 0 Å². The van der Waals surface area contributed by atoms with Gasteiger partial charge in [-0.15, -0.1) is 0 Å². The molecule has 0 saturated carbocycles. The molecule has 2 heterocycles. The molecule has 0 radical (unpaired) electrons. The number of piperidine rings is 1. The van der Waals surface area contributed by atoms with Gasteiger partial charge in [-0.25, -0.2) is 8.42 Å². The number of nitrogens with zero attached hydrogens (tertiary/aromatic N) is 3. The van der Waals surface area contributed by atoms with Crippen molar-refractivity contribution in [2.24, 2.45) is 5.92 Å². The van der Waals surface area contributed by atoms with E-state index in [2.05, 4.69) is 30.7 Å². The van der Waals surface area contributed by atoms with Gasteiger partial charge in [-0.05, 0) is 38.8 Å². The fourth-order valence-electron chi connectivity index (χ4n) is 3.38. The Morgan fingerprint density at radius 1 is 1.05 bits per heavy atom. The van der Waals surface area contributed by atoms with Crippen molar-refractivity contribution in [3.63, 3.8) is 0 Å². The van der Waals surface area contributed by atoms with Crippen molar-refractivity contribution < 1.29 is 8.42 Å². The SMILES string of the molecule is CC(C)CCS(=O)(=O)N1CCN(CC2CCCCN2C)CC1. The molecule has 1 atom stereocenters. The van der Waals surface area contributed by atoms with Crippen molar-refractivity contribution in [2.45, 2.75) is 45.6 Å². The van der Waals surface area contributed by atoms with Crippen LogP contribution in [0, 0.1) is 5.92 Å². The van der Waals surface area contributed by atoms with Crippen LogP contribution in [0.3, 0.4) is 0 Å². The van der Waals surface area contributed by atoms with Crippen molar-refractivity contribution in [2.75, 3.05) is 52.1 Å². The van der Waals surface area contributed by atoms with Gasteiger partial charge in [0.05, 0.1) is 5.75 Å². The van der Waals surface area contributed by atoms with Gasteiger partial charge in [0.15, 0.2) is 0 Å². The Labute approximate surface area is 136 Å². The van der Waals surface area contributed by atoms with E-state index in [-0.39, 0.29) is 0 Å². The first-order valence-corrected chi connectivity index (χ1v) is 10.4. The second kappa shape index (κ2) is 8.08. The highest BCUT2D eigenvalue weighted by Gasteiger charge is 2.29. The summed E-state index contributed by atoms with van der Waals surface area (Å²) < 4.78 is 26.4. The molecule has 6 heteroatoms. The summed E-state index contributed by atoms with van der Waals surface area (Å²) >= 11 is 0. The van der Waals surface area contributed by atoms with Crippen LogP contribution in [-0.2, 0) is 10.0 Å². The minimum absolute atomic E-state index is 0.302.